The number of halogens is 3. The maximum atomic E-state index is 13.1. The van der Waals surface area contributed by atoms with Crippen molar-refractivity contribution >= 4 is 36.0 Å². The van der Waals surface area contributed by atoms with Crippen LogP contribution >= 0.6 is 24.0 Å². The smallest absolute Gasteiger partial charge is 0.409 e. The van der Waals surface area contributed by atoms with Crippen LogP contribution in [0.25, 0.3) is 0 Å². The third-order valence-electron chi connectivity index (χ3n) is 4.14. The van der Waals surface area contributed by atoms with E-state index in [-0.39, 0.29) is 48.5 Å². The van der Waals surface area contributed by atoms with Crippen molar-refractivity contribution in [3.8, 4) is 5.75 Å². The van der Waals surface area contributed by atoms with E-state index in [1.54, 1.807) is 18.9 Å². The second kappa shape index (κ2) is 12.6. The van der Waals surface area contributed by atoms with E-state index in [1.807, 2.05) is 0 Å². The van der Waals surface area contributed by atoms with E-state index in [0.29, 0.717) is 32.2 Å². The van der Waals surface area contributed by atoms with Crippen LogP contribution in [0.3, 0.4) is 0 Å². The largest absolute Gasteiger partial charge is 0.492 e. The molecule has 1 aromatic carbocycles. The van der Waals surface area contributed by atoms with Crippen LogP contribution < -0.4 is 15.4 Å². The van der Waals surface area contributed by atoms with Crippen molar-refractivity contribution in [3.63, 3.8) is 0 Å². The minimum Gasteiger partial charge on any atom is -0.492 e. The SMILES string of the molecule is CCOC(=O)N1CCC(NC(=NC)NCCOc2ccc(F)c(F)c2)CC1.I. The van der Waals surface area contributed by atoms with Crippen LogP contribution in [-0.2, 0) is 4.74 Å². The van der Waals surface area contributed by atoms with Gasteiger partial charge in [-0.05, 0) is 31.9 Å². The molecule has 0 aliphatic carbocycles. The quantitative estimate of drug-likeness (QED) is 0.266. The molecule has 0 saturated carbocycles. The molecule has 0 spiro atoms. The zero-order valence-electron chi connectivity index (χ0n) is 16.0. The van der Waals surface area contributed by atoms with Crippen molar-refractivity contribution in [1.82, 2.24) is 15.5 Å². The van der Waals surface area contributed by atoms with E-state index < -0.39 is 11.6 Å². The predicted molar refractivity (Wildman–Crippen MR) is 113 cm³/mol. The van der Waals surface area contributed by atoms with Crippen molar-refractivity contribution in [1.29, 1.82) is 0 Å². The van der Waals surface area contributed by atoms with E-state index in [0.717, 1.165) is 25.0 Å². The summed E-state index contributed by atoms with van der Waals surface area (Å²) in [6, 6.07) is 3.62. The first kappa shape index (κ1) is 24.2. The summed E-state index contributed by atoms with van der Waals surface area (Å²) in [5.41, 5.74) is 0. The zero-order chi connectivity index (χ0) is 19.6. The molecule has 28 heavy (non-hydrogen) atoms. The lowest BCUT2D eigenvalue weighted by Gasteiger charge is -2.32. The maximum absolute atomic E-state index is 13.1. The Morgan fingerprint density at radius 3 is 2.61 bits per heavy atom. The number of carbonyl (C=O) groups is 1. The lowest BCUT2D eigenvalue weighted by atomic mass is 10.1. The third-order valence-corrected chi connectivity index (χ3v) is 4.14. The molecular weight excluding hydrogens is 485 g/mol. The fraction of sp³-hybridized carbons (Fsp3) is 0.556. The number of nitrogens with zero attached hydrogens (tertiary/aromatic N) is 2. The molecule has 2 N–H and O–H groups in total. The molecule has 0 radical (unpaired) electrons. The molecule has 1 aliphatic rings. The van der Waals surface area contributed by atoms with Gasteiger partial charge in [-0.2, -0.15) is 0 Å². The number of hydrogen-bond donors (Lipinski definition) is 2. The van der Waals surface area contributed by atoms with Crippen molar-refractivity contribution in [2.75, 3.05) is 39.9 Å². The van der Waals surface area contributed by atoms with Gasteiger partial charge < -0.3 is 25.0 Å². The van der Waals surface area contributed by atoms with E-state index in [1.165, 1.54) is 6.07 Å². The molecule has 7 nitrogen and oxygen atoms in total. The first-order valence-corrected chi connectivity index (χ1v) is 9.00. The molecule has 0 atom stereocenters. The minimum absolute atomic E-state index is 0. The van der Waals surface area contributed by atoms with Crippen LogP contribution in [0.2, 0.25) is 0 Å². The molecule has 1 amide bonds. The Kier molecular flexibility index (Phi) is 10.9. The van der Waals surface area contributed by atoms with Gasteiger partial charge in [-0.3, -0.25) is 4.99 Å². The topological polar surface area (TPSA) is 75.2 Å². The highest BCUT2D eigenvalue weighted by Gasteiger charge is 2.23. The van der Waals surface area contributed by atoms with Gasteiger partial charge in [0.2, 0.25) is 0 Å². The fourth-order valence-electron chi connectivity index (χ4n) is 2.71. The number of benzene rings is 1. The highest BCUT2D eigenvalue weighted by molar-refractivity contribution is 14.0. The van der Waals surface area contributed by atoms with Gasteiger partial charge in [0, 0.05) is 32.2 Å². The number of likely N-dealkylation sites (tertiary alicyclic amines) is 1. The number of rotatable bonds is 6. The monoisotopic (exact) mass is 512 g/mol. The van der Waals surface area contributed by atoms with Gasteiger partial charge in [0.25, 0.3) is 0 Å². The van der Waals surface area contributed by atoms with E-state index in [2.05, 4.69) is 15.6 Å². The molecule has 158 valence electrons. The molecule has 2 rings (SSSR count). The van der Waals surface area contributed by atoms with E-state index in [9.17, 15) is 13.6 Å². The Balaban J connectivity index is 0.00000392. The van der Waals surface area contributed by atoms with Gasteiger partial charge in [-0.25, -0.2) is 13.6 Å². The Morgan fingerprint density at radius 2 is 2.00 bits per heavy atom. The number of carbonyl (C=O) groups excluding carboxylic acids is 1. The van der Waals surface area contributed by atoms with Gasteiger partial charge >= 0.3 is 6.09 Å². The number of hydrogen-bond acceptors (Lipinski definition) is 4. The number of guanidine groups is 1. The lowest BCUT2D eigenvalue weighted by molar-refractivity contribution is 0.0963. The summed E-state index contributed by atoms with van der Waals surface area (Å²) < 4.78 is 36.4. The normalized spacial score (nSPS) is 14.9. The molecule has 1 fully saturated rings. The van der Waals surface area contributed by atoms with Gasteiger partial charge in [0.15, 0.2) is 17.6 Å². The number of aliphatic imine (C=N–C) groups is 1. The van der Waals surface area contributed by atoms with Crippen LogP contribution in [0, 0.1) is 11.6 Å². The molecule has 0 bridgehead atoms. The Morgan fingerprint density at radius 1 is 1.29 bits per heavy atom. The standard InChI is InChI=1S/C18H26F2N4O3.HI/c1-3-26-18(25)24-9-6-13(7-10-24)23-17(21-2)22-8-11-27-14-4-5-15(19)16(20)12-14;/h4-5,12-13H,3,6-11H2,1-2H3,(H2,21,22,23);1H. The van der Waals surface area contributed by atoms with E-state index in [4.69, 9.17) is 9.47 Å². The van der Waals surface area contributed by atoms with Crippen molar-refractivity contribution in [2.45, 2.75) is 25.8 Å². The number of amides is 1. The molecular formula is C18H27F2IN4O3. The lowest BCUT2D eigenvalue weighted by Crippen LogP contribution is -2.50. The number of ether oxygens (including phenoxy) is 2. The summed E-state index contributed by atoms with van der Waals surface area (Å²) in [4.78, 5) is 17.6. The molecule has 1 aromatic rings. The minimum atomic E-state index is -0.938. The Hall–Kier alpha value is -1.85. The highest BCUT2D eigenvalue weighted by atomic mass is 127. The van der Waals surface area contributed by atoms with Gasteiger partial charge in [-0.15, -0.1) is 24.0 Å². The van der Waals surface area contributed by atoms with Crippen LogP contribution in [0.15, 0.2) is 23.2 Å². The van der Waals surface area contributed by atoms with Crippen LogP contribution in [-0.4, -0.2) is 62.9 Å². The second-order valence-corrected chi connectivity index (χ2v) is 6.03. The summed E-state index contributed by atoms with van der Waals surface area (Å²) in [6.45, 7) is 4.14. The summed E-state index contributed by atoms with van der Waals surface area (Å²) >= 11 is 0. The van der Waals surface area contributed by atoms with Gasteiger partial charge in [0.05, 0.1) is 13.2 Å². The number of nitrogens with one attached hydrogen (secondary N) is 2. The zero-order valence-corrected chi connectivity index (χ0v) is 18.4. The van der Waals surface area contributed by atoms with Crippen molar-refractivity contribution in [3.05, 3.63) is 29.8 Å². The molecule has 1 aliphatic heterocycles. The van der Waals surface area contributed by atoms with Crippen molar-refractivity contribution < 1.29 is 23.0 Å². The maximum Gasteiger partial charge on any atom is 0.409 e. The Bertz CT molecular complexity index is 656. The first-order chi connectivity index (χ1) is 13.0. The third kappa shape index (κ3) is 7.64. The van der Waals surface area contributed by atoms with Gasteiger partial charge in [-0.1, -0.05) is 0 Å². The van der Waals surface area contributed by atoms with Gasteiger partial charge in [0.1, 0.15) is 12.4 Å². The molecule has 0 aromatic heterocycles. The Labute approximate surface area is 180 Å². The summed E-state index contributed by atoms with van der Waals surface area (Å²) in [5, 5.41) is 6.42. The molecule has 1 heterocycles. The highest BCUT2D eigenvalue weighted by Crippen LogP contribution is 2.15. The average molecular weight is 512 g/mol. The predicted octanol–water partition coefficient (Wildman–Crippen LogP) is 2.75. The molecule has 0 unspecified atom stereocenters. The average Bonchev–Trinajstić information content (AvgIpc) is 2.67. The second-order valence-electron chi connectivity index (χ2n) is 6.03. The summed E-state index contributed by atoms with van der Waals surface area (Å²) in [6.07, 6.45) is 1.32. The number of piperidine rings is 1. The van der Waals surface area contributed by atoms with Crippen LogP contribution in [0.5, 0.6) is 5.75 Å². The van der Waals surface area contributed by atoms with E-state index >= 15 is 0 Å². The first-order valence-electron chi connectivity index (χ1n) is 9.00. The van der Waals surface area contributed by atoms with Crippen LogP contribution in [0.4, 0.5) is 13.6 Å². The fourth-order valence-corrected chi connectivity index (χ4v) is 2.71. The summed E-state index contributed by atoms with van der Waals surface area (Å²) in [5.74, 6) is -0.949. The van der Waals surface area contributed by atoms with Crippen molar-refractivity contribution in [2.24, 2.45) is 4.99 Å². The molecule has 1 saturated heterocycles. The van der Waals surface area contributed by atoms with Crippen LogP contribution in [0.1, 0.15) is 19.8 Å². The molecule has 10 heteroatoms. The summed E-state index contributed by atoms with van der Waals surface area (Å²) in [7, 11) is 1.67.